The highest BCUT2D eigenvalue weighted by Gasteiger charge is 2.47. The number of anilines is 1. The van der Waals surface area contributed by atoms with Crippen LogP contribution < -0.4 is 5.32 Å². The number of urea groups is 1. The van der Waals surface area contributed by atoms with E-state index in [-0.39, 0.29) is 36.3 Å². The van der Waals surface area contributed by atoms with Crippen LogP contribution in [0, 0.1) is 23.1 Å². The third-order valence-electron chi connectivity index (χ3n) is 6.43. The molecule has 2 aliphatic rings. The highest BCUT2D eigenvalue weighted by atomic mass is 19.3. The predicted octanol–water partition coefficient (Wildman–Crippen LogP) is 3.63. The number of halogens is 5. The van der Waals surface area contributed by atoms with Gasteiger partial charge < -0.3 is 20.1 Å². The topological polar surface area (TPSA) is 103 Å². The molecule has 0 bridgehead atoms. The Kier molecular flexibility index (Phi) is 7.19. The van der Waals surface area contributed by atoms with Gasteiger partial charge in [0.15, 0.2) is 0 Å². The summed E-state index contributed by atoms with van der Waals surface area (Å²) < 4.78 is 75.0. The maximum absolute atomic E-state index is 15.4. The number of carbonyl (C=O) groups is 1. The van der Waals surface area contributed by atoms with Crippen LogP contribution in [0.3, 0.4) is 0 Å². The van der Waals surface area contributed by atoms with E-state index in [2.05, 4.69) is 10.4 Å². The van der Waals surface area contributed by atoms with E-state index >= 15 is 8.78 Å². The van der Waals surface area contributed by atoms with Gasteiger partial charge in [-0.3, -0.25) is 4.68 Å². The first-order valence-electron chi connectivity index (χ1n) is 11.3. The third kappa shape index (κ3) is 5.15. The molecule has 13 heteroatoms. The van der Waals surface area contributed by atoms with Gasteiger partial charge in [-0.15, -0.1) is 0 Å². The number of hydrogen-bond acceptors (Lipinski definition) is 5. The number of rotatable bonds is 5. The van der Waals surface area contributed by atoms with Crippen molar-refractivity contribution >= 4 is 11.7 Å². The fourth-order valence-electron chi connectivity index (χ4n) is 4.66. The molecule has 194 valence electrons. The van der Waals surface area contributed by atoms with Crippen molar-refractivity contribution in [2.75, 3.05) is 18.5 Å². The molecule has 36 heavy (non-hydrogen) atoms. The van der Waals surface area contributed by atoms with E-state index in [9.17, 15) is 23.1 Å². The third-order valence-corrected chi connectivity index (χ3v) is 6.43. The largest absolute Gasteiger partial charge is 0.391 e. The summed E-state index contributed by atoms with van der Waals surface area (Å²) in [6, 6.07) is 4.13. The van der Waals surface area contributed by atoms with Gasteiger partial charge in [0.05, 0.1) is 37.1 Å². The first kappa shape index (κ1) is 25.8. The smallest absolute Gasteiger partial charge is 0.322 e. The molecular weight excluding hydrogens is 489 g/mol. The van der Waals surface area contributed by atoms with E-state index in [1.54, 1.807) is 13.0 Å². The maximum Gasteiger partial charge on any atom is 0.322 e. The second-order valence-electron chi connectivity index (χ2n) is 9.04. The summed E-state index contributed by atoms with van der Waals surface area (Å²) in [5.41, 5.74) is 0.0332. The number of amides is 2. The molecular formula is C23H24F5N5O3. The summed E-state index contributed by atoms with van der Waals surface area (Å²) in [6.45, 7) is -0.111. The molecule has 1 aromatic carbocycles. The molecule has 0 saturated heterocycles. The van der Waals surface area contributed by atoms with E-state index in [0.29, 0.717) is 5.69 Å². The summed E-state index contributed by atoms with van der Waals surface area (Å²) in [5, 5.41) is 26.3. The maximum atomic E-state index is 15.4. The van der Waals surface area contributed by atoms with E-state index in [1.807, 2.05) is 0 Å². The summed E-state index contributed by atoms with van der Waals surface area (Å²) in [4.78, 5) is 14.3. The van der Waals surface area contributed by atoms with Crippen LogP contribution in [0.2, 0.25) is 0 Å². The first-order valence-corrected chi connectivity index (χ1v) is 11.3. The minimum atomic E-state index is -3.46. The number of nitrogens with one attached hydrogen (secondary N) is 1. The number of fused-ring (bicyclic) bond motifs is 3. The van der Waals surface area contributed by atoms with Crippen LogP contribution in [0.15, 0.2) is 18.2 Å². The normalized spacial score (nSPS) is 23.0. The van der Waals surface area contributed by atoms with Gasteiger partial charge in [0, 0.05) is 36.1 Å². The summed E-state index contributed by atoms with van der Waals surface area (Å²) in [6.07, 6.45) is -4.69. The average molecular weight is 513 g/mol. The highest BCUT2D eigenvalue weighted by Crippen LogP contribution is 2.43. The Bertz CT molecular complexity index is 1180. The molecule has 1 aromatic heterocycles. The second kappa shape index (κ2) is 10.0. The van der Waals surface area contributed by atoms with Gasteiger partial charge in [0.1, 0.15) is 24.2 Å². The number of carbonyl (C=O) groups excluding carboxylic acids is 1. The Morgan fingerprint density at radius 3 is 2.86 bits per heavy atom. The molecule has 2 N–H and O–H groups in total. The molecule has 0 saturated carbocycles. The SMILES string of the molecule is C[C@@H]1Cc2nn3c(c2CN1C(=O)Nc1ccc(F)c(C#N)c1)C(F)(F)C[C@@H](COCC(F)F)C(O)C3. The quantitative estimate of drug-likeness (QED) is 0.595. The van der Waals surface area contributed by atoms with Gasteiger partial charge in [-0.2, -0.15) is 19.1 Å². The lowest BCUT2D eigenvalue weighted by molar-refractivity contribution is -0.0728. The van der Waals surface area contributed by atoms with E-state index in [1.165, 1.54) is 17.0 Å². The lowest BCUT2D eigenvalue weighted by atomic mass is 9.92. The van der Waals surface area contributed by atoms with Crippen molar-refractivity contribution in [3.8, 4) is 6.07 Å². The van der Waals surface area contributed by atoms with Crippen molar-refractivity contribution in [2.24, 2.45) is 5.92 Å². The van der Waals surface area contributed by atoms with E-state index in [4.69, 9.17) is 10.00 Å². The van der Waals surface area contributed by atoms with Crippen LogP contribution in [0.25, 0.3) is 0 Å². The first-order chi connectivity index (χ1) is 17.0. The van der Waals surface area contributed by atoms with Crippen LogP contribution in [-0.4, -0.2) is 57.6 Å². The van der Waals surface area contributed by atoms with Gasteiger partial charge in [-0.1, -0.05) is 0 Å². The number of ether oxygens (including phenoxy) is 1. The fraction of sp³-hybridized carbons (Fsp3) is 0.522. The highest BCUT2D eigenvalue weighted by molar-refractivity contribution is 5.90. The number of nitriles is 1. The number of aliphatic hydroxyl groups excluding tert-OH is 1. The van der Waals surface area contributed by atoms with Gasteiger partial charge in [0.2, 0.25) is 0 Å². The zero-order valence-corrected chi connectivity index (χ0v) is 19.2. The predicted molar refractivity (Wildman–Crippen MR) is 116 cm³/mol. The minimum Gasteiger partial charge on any atom is -0.391 e. The zero-order chi connectivity index (χ0) is 26.2. The Morgan fingerprint density at radius 1 is 1.42 bits per heavy atom. The minimum absolute atomic E-state index is 0.159. The molecule has 0 aliphatic carbocycles. The second-order valence-corrected chi connectivity index (χ2v) is 9.04. The number of alkyl halides is 4. The van der Waals surface area contributed by atoms with Crippen molar-refractivity contribution in [3.63, 3.8) is 0 Å². The number of benzene rings is 1. The van der Waals surface area contributed by atoms with Crippen molar-refractivity contribution in [3.05, 3.63) is 46.5 Å². The molecule has 8 nitrogen and oxygen atoms in total. The number of nitrogens with zero attached hydrogens (tertiary/aromatic N) is 4. The zero-order valence-electron chi connectivity index (χ0n) is 19.2. The Morgan fingerprint density at radius 2 is 2.17 bits per heavy atom. The molecule has 3 heterocycles. The summed E-state index contributed by atoms with van der Waals surface area (Å²) in [7, 11) is 0. The monoisotopic (exact) mass is 513 g/mol. The Hall–Kier alpha value is -3.24. The molecule has 4 rings (SSSR count). The lowest BCUT2D eigenvalue weighted by Gasteiger charge is -2.34. The molecule has 0 fully saturated rings. The van der Waals surface area contributed by atoms with Crippen LogP contribution in [0.1, 0.15) is 35.9 Å². The van der Waals surface area contributed by atoms with Crippen LogP contribution in [0.4, 0.5) is 32.4 Å². The molecule has 2 amide bonds. The number of aliphatic hydroxyl groups is 1. The van der Waals surface area contributed by atoms with Crippen molar-refractivity contribution in [1.82, 2.24) is 14.7 Å². The van der Waals surface area contributed by atoms with E-state index in [0.717, 1.165) is 10.7 Å². The van der Waals surface area contributed by atoms with Crippen LogP contribution in [-0.2, 0) is 30.2 Å². The van der Waals surface area contributed by atoms with Crippen LogP contribution in [0.5, 0.6) is 0 Å². The van der Waals surface area contributed by atoms with Crippen molar-refractivity contribution in [2.45, 2.75) is 57.3 Å². The van der Waals surface area contributed by atoms with E-state index < -0.39 is 67.6 Å². The fourth-order valence-corrected chi connectivity index (χ4v) is 4.66. The van der Waals surface area contributed by atoms with Gasteiger partial charge in [0.25, 0.3) is 12.3 Å². The van der Waals surface area contributed by atoms with Gasteiger partial charge >= 0.3 is 6.03 Å². The number of hydrogen-bond donors (Lipinski definition) is 2. The van der Waals surface area contributed by atoms with Gasteiger partial charge in [-0.25, -0.2) is 18.0 Å². The molecule has 2 aliphatic heterocycles. The van der Waals surface area contributed by atoms with Crippen molar-refractivity contribution < 1.29 is 36.6 Å². The molecule has 3 atom stereocenters. The molecule has 2 aromatic rings. The number of aromatic nitrogens is 2. The lowest BCUT2D eigenvalue weighted by Crippen LogP contribution is -2.45. The van der Waals surface area contributed by atoms with Crippen LogP contribution >= 0.6 is 0 Å². The summed E-state index contributed by atoms with van der Waals surface area (Å²) in [5.74, 6) is -5.29. The Labute approximate surface area is 203 Å². The molecule has 0 radical (unpaired) electrons. The summed E-state index contributed by atoms with van der Waals surface area (Å²) >= 11 is 0. The standard InChI is InChI=1S/C23H24F5N5O3/c1-12-4-18-16(8-32(12)22(35)30-15-2-3-17(24)13(5-15)7-29)21-23(27,28)6-14(10-36-11-20(25)26)19(34)9-33(21)31-18/h2-3,5,12,14,19-20,34H,4,6,8-11H2,1H3,(H,30,35)/t12-,14+,19?/m1/s1. The average Bonchev–Trinajstić information content (AvgIpc) is 3.11. The van der Waals surface area contributed by atoms with Gasteiger partial charge in [-0.05, 0) is 25.1 Å². The Balaban J connectivity index is 1.56. The molecule has 0 spiro atoms. The van der Waals surface area contributed by atoms with Crippen molar-refractivity contribution in [1.29, 1.82) is 5.26 Å². The molecule has 1 unspecified atom stereocenters.